The van der Waals surface area contributed by atoms with E-state index in [1.807, 2.05) is 54.2 Å². The maximum absolute atomic E-state index is 10.3. The number of aromatic hydroxyl groups is 1. The summed E-state index contributed by atoms with van der Waals surface area (Å²) in [5.41, 5.74) is 3.54. The molecule has 0 spiro atoms. The van der Waals surface area contributed by atoms with E-state index in [2.05, 4.69) is 31.2 Å². The van der Waals surface area contributed by atoms with Gasteiger partial charge in [-0.2, -0.15) is 0 Å². The van der Waals surface area contributed by atoms with Gasteiger partial charge in [0.15, 0.2) is 0 Å². The van der Waals surface area contributed by atoms with E-state index in [-0.39, 0.29) is 5.75 Å². The van der Waals surface area contributed by atoms with Crippen LogP contribution in [0.2, 0.25) is 0 Å². The van der Waals surface area contributed by atoms with Gasteiger partial charge in [-0.05, 0) is 57.0 Å². The van der Waals surface area contributed by atoms with Gasteiger partial charge >= 0.3 is 0 Å². The Hall–Kier alpha value is -1.95. The second kappa shape index (κ2) is 12.0. The molecule has 0 saturated carbocycles. The van der Waals surface area contributed by atoms with E-state index in [9.17, 15) is 5.11 Å². The lowest BCUT2D eigenvalue weighted by atomic mass is 10.1. The Balaban J connectivity index is 1.37. The SMILES string of the molecule is Cc1ccc(O)c(Cn2c(NC3CCN(CCNCCCOI)CC3)nc3ccccc32)n1. The number of pyridine rings is 1. The van der Waals surface area contributed by atoms with Gasteiger partial charge in [-0.3, -0.25) is 4.98 Å². The molecule has 1 aliphatic heterocycles. The quantitative estimate of drug-likeness (QED) is 0.242. The van der Waals surface area contributed by atoms with E-state index in [0.29, 0.717) is 18.3 Å². The number of halogens is 1. The van der Waals surface area contributed by atoms with E-state index in [0.717, 1.165) is 81.3 Å². The summed E-state index contributed by atoms with van der Waals surface area (Å²) in [6, 6.07) is 12.1. The van der Waals surface area contributed by atoms with Crippen molar-refractivity contribution in [3.8, 4) is 5.75 Å². The molecule has 2 aromatic heterocycles. The highest BCUT2D eigenvalue weighted by Gasteiger charge is 2.21. The molecule has 1 fully saturated rings. The fourth-order valence-corrected chi connectivity index (χ4v) is 4.62. The van der Waals surface area contributed by atoms with Crippen molar-refractivity contribution in [2.24, 2.45) is 0 Å². The molecule has 0 amide bonds. The van der Waals surface area contributed by atoms with Crippen molar-refractivity contribution < 1.29 is 8.17 Å². The number of nitrogens with one attached hydrogen (secondary N) is 2. The number of rotatable bonds is 11. The molecule has 0 radical (unpaired) electrons. The number of aryl methyl sites for hydroxylation is 1. The lowest BCUT2D eigenvalue weighted by Crippen LogP contribution is -2.42. The Kier molecular flexibility index (Phi) is 8.76. The Bertz CT molecular complexity index is 1030. The molecule has 0 atom stereocenters. The first kappa shape index (κ1) is 24.2. The van der Waals surface area contributed by atoms with Crippen LogP contribution in [0.4, 0.5) is 5.95 Å². The van der Waals surface area contributed by atoms with Crippen molar-refractivity contribution in [2.75, 3.05) is 44.6 Å². The summed E-state index contributed by atoms with van der Waals surface area (Å²) in [6.07, 6.45) is 3.21. The fourth-order valence-electron chi connectivity index (χ4n) is 4.31. The van der Waals surface area contributed by atoms with Gasteiger partial charge in [-0.15, -0.1) is 0 Å². The molecule has 0 aliphatic carbocycles. The minimum absolute atomic E-state index is 0.216. The monoisotopic (exact) mass is 564 g/mol. The number of para-hydroxylation sites is 2. The lowest BCUT2D eigenvalue weighted by molar-refractivity contribution is 0.218. The topological polar surface area (TPSA) is 87.5 Å². The first-order valence-electron chi connectivity index (χ1n) is 11.7. The van der Waals surface area contributed by atoms with Crippen LogP contribution in [0.3, 0.4) is 0 Å². The molecule has 4 rings (SSSR count). The van der Waals surface area contributed by atoms with Crippen molar-refractivity contribution in [3.05, 3.63) is 47.8 Å². The molecule has 0 bridgehead atoms. The van der Waals surface area contributed by atoms with Crippen LogP contribution in [0.1, 0.15) is 30.7 Å². The molecule has 1 aliphatic rings. The highest BCUT2D eigenvalue weighted by Crippen LogP contribution is 2.25. The van der Waals surface area contributed by atoms with E-state index >= 15 is 0 Å². The van der Waals surface area contributed by atoms with Crippen LogP contribution >= 0.6 is 23.0 Å². The molecular weight excluding hydrogens is 531 g/mol. The van der Waals surface area contributed by atoms with Gasteiger partial charge in [0.25, 0.3) is 0 Å². The average molecular weight is 564 g/mol. The molecule has 8 nitrogen and oxygen atoms in total. The summed E-state index contributed by atoms with van der Waals surface area (Å²) < 4.78 is 7.19. The van der Waals surface area contributed by atoms with Crippen LogP contribution in [0.15, 0.2) is 36.4 Å². The minimum atomic E-state index is 0.216. The van der Waals surface area contributed by atoms with Crippen molar-refractivity contribution in [2.45, 2.75) is 38.8 Å². The third kappa shape index (κ3) is 6.56. The maximum Gasteiger partial charge on any atom is 0.204 e. The van der Waals surface area contributed by atoms with Crippen LogP contribution < -0.4 is 10.6 Å². The Morgan fingerprint density at radius 1 is 1.12 bits per heavy atom. The third-order valence-electron chi connectivity index (χ3n) is 6.15. The van der Waals surface area contributed by atoms with Gasteiger partial charge in [0, 0.05) is 37.9 Å². The van der Waals surface area contributed by atoms with Crippen LogP contribution in [-0.4, -0.2) is 69.9 Å². The molecule has 33 heavy (non-hydrogen) atoms. The zero-order valence-electron chi connectivity index (χ0n) is 19.1. The van der Waals surface area contributed by atoms with E-state index in [1.165, 1.54) is 0 Å². The summed E-state index contributed by atoms with van der Waals surface area (Å²) in [7, 11) is 0. The van der Waals surface area contributed by atoms with E-state index < -0.39 is 0 Å². The second-order valence-electron chi connectivity index (χ2n) is 8.61. The predicted molar refractivity (Wildman–Crippen MR) is 140 cm³/mol. The Morgan fingerprint density at radius 3 is 2.76 bits per heavy atom. The zero-order chi connectivity index (χ0) is 23.0. The molecule has 1 saturated heterocycles. The molecule has 0 unspecified atom stereocenters. The van der Waals surface area contributed by atoms with Crippen LogP contribution in [0.5, 0.6) is 5.75 Å². The van der Waals surface area contributed by atoms with Crippen LogP contribution in [0, 0.1) is 6.92 Å². The number of imidazole rings is 1. The van der Waals surface area contributed by atoms with Gasteiger partial charge in [0.2, 0.25) is 5.95 Å². The lowest BCUT2D eigenvalue weighted by Gasteiger charge is -2.32. The number of benzene rings is 1. The smallest absolute Gasteiger partial charge is 0.204 e. The highest BCUT2D eigenvalue weighted by atomic mass is 127. The van der Waals surface area contributed by atoms with Crippen LogP contribution in [-0.2, 0) is 9.61 Å². The summed E-state index contributed by atoms with van der Waals surface area (Å²) in [6.45, 7) is 8.47. The number of fused-ring (bicyclic) bond motifs is 1. The summed E-state index contributed by atoms with van der Waals surface area (Å²) >= 11 is 1.94. The zero-order valence-corrected chi connectivity index (χ0v) is 21.3. The fraction of sp³-hybridized carbons (Fsp3) is 0.500. The molecule has 3 N–H and O–H groups in total. The van der Waals surface area contributed by atoms with Crippen molar-refractivity contribution in [1.29, 1.82) is 0 Å². The maximum atomic E-state index is 10.3. The predicted octanol–water partition coefficient (Wildman–Crippen LogP) is 3.72. The number of anilines is 1. The minimum Gasteiger partial charge on any atom is -0.506 e. The van der Waals surface area contributed by atoms with Crippen molar-refractivity contribution in [1.82, 2.24) is 24.8 Å². The van der Waals surface area contributed by atoms with Crippen molar-refractivity contribution in [3.63, 3.8) is 0 Å². The largest absolute Gasteiger partial charge is 0.506 e. The molecule has 9 heteroatoms. The van der Waals surface area contributed by atoms with E-state index in [4.69, 9.17) is 8.05 Å². The van der Waals surface area contributed by atoms with Gasteiger partial charge in [0.1, 0.15) is 34.4 Å². The number of nitrogens with zero attached hydrogens (tertiary/aromatic N) is 4. The standard InChI is InChI=1S/C24H33IN6O2/c1-18-7-8-23(32)21(27-18)17-31-22-6-3-2-5-20(22)29-24(31)28-19-9-13-30(14-10-19)15-12-26-11-4-16-33-25/h2-3,5-8,19,26,32H,4,9-17H2,1H3,(H,28,29). The Labute approximate surface area is 209 Å². The number of piperidine rings is 1. The van der Waals surface area contributed by atoms with E-state index in [1.54, 1.807) is 6.07 Å². The first-order valence-corrected chi connectivity index (χ1v) is 12.6. The summed E-state index contributed by atoms with van der Waals surface area (Å²) in [4.78, 5) is 12.0. The van der Waals surface area contributed by atoms with Gasteiger partial charge in [-0.25, -0.2) is 4.98 Å². The average Bonchev–Trinajstić information content (AvgIpc) is 3.16. The van der Waals surface area contributed by atoms with Crippen LogP contribution in [0.25, 0.3) is 11.0 Å². The Morgan fingerprint density at radius 2 is 1.94 bits per heavy atom. The third-order valence-corrected chi connectivity index (χ3v) is 6.59. The summed E-state index contributed by atoms with van der Waals surface area (Å²) in [5.74, 6) is 1.06. The first-order chi connectivity index (χ1) is 16.1. The number of likely N-dealkylation sites (tertiary alicyclic amines) is 1. The van der Waals surface area contributed by atoms with Gasteiger partial charge < -0.3 is 28.3 Å². The van der Waals surface area contributed by atoms with Crippen molar-refractivity contribution >= 4 is 40.0 Å². The van der Waals surface area contributed by atoms with Gasteiger partial charge in [0.05, 0.1) is 24.2 Å². The molecule has 3 aromatic rings. The second-order valence-corrected chi connectivity index (χ2v) is 9.23. The molecular formula is C24H33IN6O2. The number of aromatic nitrogens is 3. The van der Waals surface area contributed by atoms with Gasteiger partial charge in [-0.1, -0.05) is 12.1 Å². The highest BCUT2D eigenvalue weighted by molar-refractivity contribution is 14.1. The normalized spacial score (nSPS) is 15.3. The molecule has 3 heterocycles. The molecule has 1 aromatic carbocycles. The number of hydrogen-bond acceptors (Lipinski definition) is 7. The number of hydrogen-bond donors (Lipinski definition) is 3. The summed E-state index contributed by atoms with van der Waals surface area (Å²) in [5, 5.41) is 17.5. The molecule has 178 valence electrons.